The lowest BCUT2D eigenvalue weighted by atomic mass is 9.92. The number of anilines is 1. The number of hydrogen-bond donors (Lipinski definition) is 3. The monoisotopic (exact) mass is 438 g/mol. The molecule has 8 nitrogen and oxygen atoms in total. The van der Waals surface area contributed by atoms with Crippen LogP contribution in [0.4, 0.5) is 5.82 Å². The first-order valence-corrected chi connectivity index (χ1v) is 10.9. The van der Waals surface area contributed by atoms with E-state index < -0.39 is 12.0 Å². The topological polar surface area (TPSA) is 112 Å². The van der Waals surface area contributed by atoms with Gasteiger partial charge >= 0.3 is 5.97 Å². The average molecular weight is 439 g/mol. The maximum Gasteiger partial charge on any atom is 0.305 e. The summed E-state index contributed by atoms with van der Waals surface area (Å²) in [5.41, 5.74) is 3.19. The smallest absolute Gasteiger partial charge is 0.305 e. The van der Waals surface area contributed by atoms with Gasteiger partial charge in [0.1, 0.15) is 5.82 Å². The molecule has 8 heteroatoms. The van der Waals surface area contributed by atoms with Crippen molar-refractivity contribution in [2.45, 2.75) is 51.6 Å². The highest BCUT2D eigenvalue weighted by Gasteiger charge is 2.31. The van der Waals surface area contributed by atoms with Gasteiger partial charge in [-0.25, -0.2) is 4.98 Å². The molecule has 2 heterocycles. The number of nitrogens with one attached hydrogen (secondary N) is 2. The van der Waals surface area contributed by atoms with Gasteiger partial charge in [-0.1, -0.05) is 30.3 Å². The SMILES string of the molecule is Cc1ccc(NCCCCC(=O)NCC(=O)N2Cc3ccccc3CC2CC(=O)O)nc1. The second-order valence-electron chi connectivity index (χ2n) is 8.13. The summed E-state index contributed by atoms with van der Waals surface area (Å²) in [6.07, 6.45) is 4.02. The van der Waals surface area contributed by atoms with Crippen molar-refractivity contribution in [2.75, 3.05) is 18.4 Å². The summed E-state index contributed by atoms with van der Waals surface area (Å²) in [5, 5.41) is 15.1. The molecule has 2 aromatic rings. The van der Waals surface area contributed by atoms with Crippen LogP contribution in [0.15, 0.2) is 42.6 Å². The number of unbranched alkanes of at least 4 members (excludes halogenated alkanes) is 1. The summed E-state index contributed by atoms with van der Waals surface area (Å²) >= 11 is 0. The first-order valence-electron chi connectivity index (χ1n) is 10.9. The third-order valence-electron chi connectivity index (χ3n) is 5.57. The number of hydrogen-bond acceptors (Lipinski definition) is 5. The molecule has 0 radical (unpaired) electrons. The number of carbonyl (C=O) groups excluding carboxylic acids is 2. The van der Waals surface area contributed by atoms with Crippen LogP contribution >= 0.6 is 0 Å². The largest absolute Gasteiger partial charge is 0.481 e. The predicted molar refractivity (Wildman–Crippen MR) is 121 cm³/mol. The molecular weight excluding hydrogens is 408 g/mol. The van der Waals surface area contributed by atoms with Gasteiger partial charge in [0.15, 0.2) is 0 Å². The molecule has 1 aromatic heterocycles. The van der Waals surface area contributed by atoms with Crippen LogP contribution in [-0.2, 0) is 27.3 Å². The average Bonchev–Trinajstić information content (AvgIpc) is 2.77. The number of nitrogens with zero attached hydrogens (tertiary/aromatic N) is 2. The Morgan fingerprint density at radius 3 is 2.62 bits per heavy atom. The van der Waals surface area contributed by atoms with E-state index in [-0.39, 0.29) is 24.8 Å². The number of pyridine rings is 1. The van der Waals surface area contributed by atoms with Gasteiger partial charge in [-0.2, -0.15) is 0 Å². The number of carboxylic acid groups (broad SMARTS) is 1. The van der Waals surface area contributed by atoms with Crippen molar-refractivity contribution < 1.29 is 19.5 Å². The minimum Gasteiger partial charge on any atom is -0.481 e. The van der Waals surface area contributed by atoms with Crippen molar-refractivity contribution in [3.63, 3.8) is 0 Å². The molecule has 1 aliphatic rings. The van der Waals surface area contributed by atoms with Crippen LogP contribution in [-0.4, -0.2) is 51.9 Å². The van der Waals surface area contributed by atoms with Crippen molar-refractivity contribution in [1.82, 2.24) is 15.2 Å². The molecule has 3 N–H and O–H groups in total. The minimum absolute atomic E-state index is 0.114. The first kappa shape index (κ1) is 23.2. The van der Waals surface area contributed by atoms with E-state index in [1.807, 2.05) is 43.3 Å². The lowest BCUT2D eigenvalue weighted by Crippen LogP contribution is -2.49. The highest BCUT2D eigenvalue weighted by Crippen LogP contribution is 2.25. The molecule has 170 valence electrons. The van der Waals surface area contributed by atoms with E-state index in [0.717, 1.165) is 28.9 Å². The molecule has 3 rings (SSSR count). The Kier molecular flexibility index (Phi) is 8.19. The molecule has 1 atom stereocenters. The van der Waals surface area contributed by atoms with Crippen LogP contribution in [0.3, 0.4) is 0 Å². The zero-order chi connectivity index (χ0) is 22.9. The van der Waals surface area contributed by atoms with E-state index in [4.69, 9.17) is 0 Å². The summed E-state index contributed by atoms with van der Waals surface area (Å²) in [5.74, 6) is -0.569. The van der Waals surface area contributed by atoms with E-state index >= 15 is 0 Å². The summed E-state index contributed by atoms with van der Waals surface area (Å²) in [7, 11) is 0. The normalized spacial score (nSPS) is 15.0. The van der Waals surface area contributed by atoms with Crippen molar-refractivity contribution in [1.29, 1.82) is 0 Å². The van der Waals surface area contributed by atoms with E-state index in [0.29, 0.717) is 32.4 Å². The minimum atomic E-state index is -0.939. The molecule has 32 heavy (non-hydrogen) atoms. The summed E-state index contributed by atoms with van der Waals surface area (Å²) in [6.45, 7) is 2.94. The fraction of sp³-hybridized carbons (Fsp3) is 0.417. The number of aliphatic carboxylic acids is 1. The zero-order valence-corrected chi connectivity index (χ0v) is 18.3. The quantitative estimate of drug-likeness (QED) is 0.492. The molecule has 1 unspecified atom stereocenters. The first-order chi connectivity index (χ1) is 15.4. The van der Waals surface area contributed by atoms with Crippen LogP contribution in [0.2, 0.25) is 0 Å². The Labute approximate surface area is 188 Å². The molecule has 0 saturated carbocycles. The highest BCUT2D eigenvalue weighted by molar-refractivity contribution is 5.85. The molecule has 1 aromatic carbocycles. The third-order valence-corrected chi connectivity index (χ3v) is 5.57. The molecule has 0 fully saturated rings. The van der Waals surface area contributed by atoms with Crippen molar-refractivity contribution in [2.24, 2.45) is 0 Å². The number of aromatic nitrogens is 1. The van der Waals surface area contributed by atoms with Gasteiger partial charge in [0.2, 0.25) is 11.8 Å². The maximum atomic E-state index is 12.8. The second kappa shape index (κ2) is 11.3. The van der Waals surface area contributed by atoms with Crippen molar-refractivity contribution >= 4 is 23.6 Å². The zero-order valence-electron chi connectivity index (χ0n) is 18.3. The number of aryl methyl sites for hydroxylation is 1. The molecular formula is C24H30N4O4. The number of carboxylic acids is 1. The Balaban J connectivity index is 1.40. The standard InChI is InChI=1S/C24H30N4O4/c1-17-9-10-21(26-14-17)25-11-5-4-8-22(29)27-15-23(30)28-16-19-7-3-2-6-18(19)12-20(28)13-24(31)32/h2-3,6-7,9-10,14,20H,4-5,8,11-13,15-16H2,1H3,(H,25,26)(H,27,29)(H,31,32). The third kappa shape index (κ3) is 6.80. The second-order valence-corrected chi connectivity index (χ2v) is 8.13. The lowest BCUT2D eigenvalue weighted by molar-refractivity contribution is -0.142. The molecule has 2 amide bonds. The number of benzene rings is 1. The molecule has 0 bridgehead atoms. The van der Waals surface area contributed by atoms with Crippen LogP contribution in [0.25, 0.3) is 0 Å². The Morgan fingerprint density at radius 2 is 1.91 bits per heavy atom. The summed E-state index contributed by atoms with van der Waals surface area (Å²) in [6, 6.07) is 11.2. The van der Waals surface area contributed by atoms with Crippen LogP contribution in [0.5, 0.6) is 0 Å². The van der Waals surface area contributed by atoms with Gasteiger partial charge in [0.05, 0.1) is 13.0 Å². The summed E-state index contributed by atoms with van der Waals surface area (Å²) < 4.78 is 0. The van der Waals surface area contributed by atoms with Crippen LogP contribution in [0, 0.1) is 6.92 Å². The van der Waals surface area contributed by atoms with Crippen molar-refractivity contribution in [3.05, 3.63) is 59.3 Å². The number of fused-ring (bicyclic) bond motifs is 1. The lowest BCUT2D eigenvalue weighted by Gasteiger charge is -2.36. The van der Waals surface area contributed by atoms with E-state index in [9.17, 15) is 19.5 Å². The van der Waals surface area contributed by atoms with E-state index in [1.54, 1.807) is 11.1 Å². The maximum absolute atomic E-state index is 12.8. The Morgan fingerprint density at radius 1 is 1.12 bits per heavy atom. The Bertz CT molecular complexity index is 945. The predicted octanol–water partition coefficient (Wildman–Crippen LogP) is 2.52. The van der Waals surface area contributed by atoms with Crippen LogP contribution in [0.1, 0.15) is 42.4 Å². The highest BCUT2D eigenvalue weighted by atomic mass is 16.4. The van der Waals surface area contributed by atoms with Gasteiger partial charge in [0.25, 0.3) is 0 Å². The van der Waals surface area contributed by atoms with E-state index in [1.165, 1.54) is 0 Å². The molecule has 0 aliphatic carbocycles. The van der Waals surface area contributed by atoms with Gasteiger partial charge in [-0.05, 0) is 48.9 Å². The van der Waals surface area contributed by atoms with Crippen molar-refractivity contribution in [3.8, 4) is 0 Å². The van der Waals surface area contributed by atoms with Gasteiger partial charge in [0, 0.05) is 31.7 Å². The number of rotatable bonds is 10. The van der Waals surface area contributed by atoms with Gasteiger partial charge in [-0.15, -0.1) is 0 Å². The fourth-order valence-corrected chi connectivity index (χ4v) is 3.83. The molecule has 1 aliphatic heterocycles. The van der Waals surface area contributed by atoms with Gasteiger partial charge < -0.3 is 20.6 Å². The van der Waals surface area contributed by atoms with Crippen LogP contribution < -0.4 is 10.6 Å². The Hall–Kier alpha value is -3.42. The fourth-order valence-electron chi connectivity index (χ4n) is 3.83. The van der Waals surface area contributed by atoms with E-state index in [2.05, 4.69) is 15.6 Å². The number of carbonyl (C=O) groups is 3. The molecule has 0 saturated heterocycles. The van der Waals surface area contributed by atoms with Gasteiger partial charge in [-0.3, -0.25) is 14.4 Å². The molecule has 0 spiro atoms. The summed E-state index contributed by atoms with van der Waals surface area (Å²) in [4.78, 5) is 42.0. The number of amides is 2.